The van der Waals surface area contributed by atoms with E-state index in [1.54, 1.807) is 11.0 Å². The number of halogens is 1. The molecule has 0 unspecified atom stereocenters. The average molecular weight is 340 g/mol. The Morgan fingerprint density at radius 1 is 1.30 bits per heavy atom. The van der Waals surface area contributed by atoms with Gasteiger partial charge in [-0.25, -0.2) is 4.79 Å². The molecule has 0 radical (unpaired) electrons. The van der Waals surface area contributed by atoms with E-state index in [0.717, 1.165) is 31.4 Å². The molecule has 5 nitrogen and oxygen atoms in total. The number of hydrogen-bond donors (Lipinski definition) is 3. The maximum absolute atomic E-state index is 11.6. The van der Waals surface area contributed by atoms with E-state index in [4.69, 9.17) is 17.3 Å². The first-order valence-corrected chi connectivity index (χ1v) is 8.40. The monoisotopic (exact) mass is 339 g/mol. The highest BCUT2D eigenvalue weighted by Crippen LogP contribution is 2.31. The Balaban J connectivity index is 1.97. The second-order valence-corrected chi connectivity index (χ2v) is 7.64. The molecule has 1 fully saturated rings. The fraction of sp³-hybridized carbons (Fsp3) is 0.588. The van der Waals surface area contributed by atoms with Crippen LogP contribution in [0.2, 0.25) is 5.02 Å². The molecule has 1 aliphatic rings. The molecule has 0 atom stereocenters. The Kier molecular flexibility index (Phi) is 5.30. The molecule has 1 aromatic carbocycles. The summed E-state index contributed by atoms with van der Waals surface area (Å²) in [7, 11) is 0. The molecule has 1 aromatic rings. The number of nitrogen functional groups attached to an aromatic ring is 1. The van der Waals surface area contributed by atoms with Gasteiger partial charge in [-0.1, -0.05) is 11.6 Å². The van der Waals surface area contributed by atoms with Crippen LogP contribution in [-0.2, 0) is 0 Å². The van der Waals surface area contributed by atoms with Crippen LogP contribution in [0.15, 0.2) is 18.2 Å². The number of amides is 1. The molecule has 128 valence electrons. The summed E-state index contributed by atoms with van der Waals surface area (Å²) < 4.78 is 0. The van der Waals surface area contributed by atoms with Crippen LogP contribution in [0.4, 0.5) is 16.2 Å². The number of carboxylic acid groups (broad SMARTS) is 1. The van der Waals surface area contributed by atoms with Crippen LogP contribution in [0.1, 0.15) is 46.5 Å². The Morgan fingerprint density at radius 3 is 2.39 bits per heavy atom. The van der Waals surface area contributed by atoms with Crippen molar-refractivity contribution in [2.45, 2.75) is 64.1 Å². The number of nitrogens with zero attached hydrogens (tertiary/aromatic N) is 1. The minimum Gasteiger partial charge on any atom is -0.465 e. The number of rotatable bonds is 3. The van der Waals surface area contributed by atoms with Gasteiger partial charge in [0.1, 0.15) is 0 Å². The summed E-state index contributed by atoms with van der Waals surface area (Å²) in [6, 6.07) is 5.83. The van der Waals surface area contributed by atoms with E-state index < -0.39 is 6.09 Å². The quantitative estimate of drug-likeness (QED) is 0.712. The number of anilines is 2. The Labute approximate surface area is 142 Å². The number of benzene rings is 1. The standard InChI is InChI=1S/C17H26ClN3O2/c1-17(2,3)21(16(22)23)13-7-5-12(6-8-13)20-15-9-4-11(18)10-14(15)19/h4,9-10,12-13,20H,5-8,19H2,1-3H3,(H,22,23)/t12-,13-. The molecule has 0 aromatic heterocycles. The number of hydrogen-bond acceptors (Lipinski definition) is 3. The highest BCUT2D eigenvalue weighted by Gasteiger charge is 2.35. The topological polar surface area (TPSA) is 78.6 Å². The third-order valence-electron chi connectivity index (χ3n) is 4.36. The summed E-state index contributed by atoms with van der Waals surface area (Å²) in [4.78, 5) is 13.2. The van der Waals surface area contributed by atoms with Crippen LogP contribution in [-0.4, -0.2) is 33.7 Å². The van der Waals surface area contributed by atoms with Crippen molar-refractivity contribution in [3.8, 4) is 0 Å². The van der Waals surface area contributed by atoms with Gasteiger partial charge >= 0.3 is 6.09 Å². The largest absolute Gasteiger partial charge is 0.465 e. The van der Waals surface area contributed by atoms with E-state index >= 15 is 0 Å². The molecule has 23 heavy (non-hydrogen) atoms. The van der Waals surface area contributed by atoms with Gasteiger partial charge in [-0.05, 0) is 64.7 Å². The minimum absolute atomic E-state index is 0.0770. The van der Waals surface area contributed by atoms with Gasteiger partial charge in [0.05, 0.1) is 11.4 Å². The maximum atomic E-state index is 11.6. The van der Waals surface area contributed by atoms with Gasteiger partial charge < -0.3 is 21.1 Å². The van der Waals surface area contributed by atoms with E-state index in [1.165, 1.54) is 0 Å². The van der Waals surface area contributed by atoms with Crippen molar-refractivity contribution in [3.05, 3.63) is 23.2 Å². The van der Waals surface area contributed by atoms with Crippen molar-refractivity contribution in [2.75, 3.05) is 11.1 Å². The van der Waals surface area contributed by atoms with Crippen molar-refractivity contribution in [1.82, 2.24) is 4.90 Å². The lowest BCUT2D eigenvalue weighted by Gasteiger charge is -2.43. The molecule has 2 rings (SSSR count). The summed E-state index contributed by atoms with van der Waals surface area (Å²) in [5.41, 5.74) is 7.13. The molecule has 1 saturated carbocycles. The summed E-state index contributed by atoms with van der Waals surface area (Å²) in [5, 5.41) is 13.6. The normalized spacial score (nSPS) is 21.7. The first-order chi connectivity index (χ1) is 10.7. The molecular weight excluding hydrogens is 314 g/mol. The van der Waals surface area contributed by atoms with Gasteiger partial charge in [-0.15, -0.1) is 0 Å². The van der Waals surface area contributed by atoms with Crippen molar-refractivity contribution < 1.29 is 9.90 Å². The molecule has 0 aliphatic heterocycles. The predicted molar refractivity (Wildman–Crippen MR) is 95.1 cm³/mol. The Hall–Kier alpha value is -1.62. The lowest BCUT2D eigenvalue weighted by Crippen LogP contribution is -2.52. The van der Waals surface area contributed by atoms with Crippen molar-refractivity contribution in [3.63, 3.8) is 0 Å². The minimum atomic E-state index is -0.837. The van der Waals surface area contributed by atoms with Crippen LogP contribution in [0, 0.1) is 0 Å². The number of nitrogens with two attached hydrogens (primary N) is 1. The van der Waals surface area contributed by atoms with E-state index in [2.05, 4.69) is 5.32 Å². The SMILES string of the molecule is CC(C)(C)N(C(=O)O)[C@H]1CC[C@H](Nc2ccc(Cl)cc2N)CC1. The van der Waals surface area contributed by atoms with Gasteiger partial charge in [0.15, 0.2) is 0 Å². The first kappa shape index (κ1) is 17.7. The second kappa shape index (κ2) is 6.87. The van der Waals surface area contributed by atoms with Crippen LogP contribution in [0.5, 0.6) is 0 Å². The summed E-state index contributed by atoms with van der Waals surface area (Å²) in [6.45, 7) is 5.83. The summed E-state index contributed by atoms with van der Waals surface area (Å²) in [6.07, 6.45) is 2.72. The molecule has 0 heterocycles. The lowest BCUT2D eigenvalue weighted by atomic mass is 9.88. The molecule has 6 heteroatoms. The average Bonchev–Trinajstić information content (AvgIpc) is 2.42. The van der Waals surface area contributed by atoms with Gasteiger partial charge in [-0.2, -0.15) is 0 Å². The zero-order chi connectivity index (χ0) is 17.2. The number of nitrogens with one attached hydrogen (secondary N) is 1. The molecule has 1 amide bonds. The van der Waals surface area contributed by atoms with Gasteiger partial charge in [-0.3, -0.25) is 0 Å². The molecule has 4 N–H and O–H groups in total. The molecule has 1 aliphatic carbocycles. The van der Waals surface area contributed by atoms with Crippen LogP contribution in [0.25, 0.3) is 0 Å². The lowest BCUT2D eigenvalue weighted by molar-refractivity contribution is 0.0557. The Morgan fingerprint density at radius 2 is 1.91 bits per heavy atom. The van der Waals surface area contributed by atoms with Crippen LogP contribution >= 0.6 is 11.6 Å². The number of carbonyl (C=O) groups is 1. The van der Waals surface area contributed by atoms with E-state index in [9.17, 15) is 9.90 Å². The fourth-order valence-corrected chi connectivity index (χ4v) is 3.53. The zero-order valence-electron chi connectivity index (χ0n) is 14.0. The van der Waals surface area contributed by atoms with E-state index in [0.29, 0.717) is 16.8 Å². The third-order valence-corrected chi connectivity index (χ3v) is 4.60. The molecule has 0 spiro atoms. The van der Waals surface area contributed by atoms with Crippen molar-refractivity contribution >= 4 is 29.1 Å². The smallest absolute Gasteiger partial charge is 0.407 e. The van der Waals surface area contributed by atoms with E-state index in [-0.39, 0.29) is 11.6 Å². The summed E-state index contributed by atoms with van der Waals surface area (Å²) >= 11 is 5.92. The molecule has 0 bridgehead atoms. The van der Waals surface area contributed by atoms with Crippen LogP contribution < -0.4 is 11.1 Å². The van der Waals surface area contributed by atoms with E-state index in [1.807, 2.05) is 32.9 Å². The molecular formula is C17H26ClN3O2. The van der Waals surface area contributed by atoms with Crippen molar-refractivity contribution in [2.24, 2.45) is 0 Å². The maximum Gasteiger partial charge on any atom is 0.407 e. The van der Waals surface area contributed by atoms with Gasteiger partial charge in [0.25, 0.3) is 0 Å². The predicted octanol–water partition coefficient (Wildman–Crippen LogP) is 4.42. The molecule has 0 saturated heterocycles. The van der Waals surface area contributed by atoms with Gasteiger partial charge in [0, 0.05) is 22.6 Å². The van der Waals surface area contributed by atoms with Crippen molar-refractivity contribution in [1.29, 1.82) is 0 Å². The second-order valence-electron chi connectivity index (χ2n) is 7.20. The first-order valence-electron chi connectivity index (χ1n) is 8.02. The fourth-order valence-electron chi connectivity index (χ4n) is 3.35. The highest BCUT2D eigenvalue weighted by atomic mass is 35.5. The third kappa shape index (κ3) is 4.44. The zero-order valence-corrected chi connectivity index (χ0v) is 14.7. The van der Waals surface area contributed by atoms with Gasteiger partial charge in [0.2, 0.25) is 0 Å². The summed E-state index contributed by atoms with van der Waals surface area (Å²) in [5.74, 6) is 0. The Bertz CT molecular complexity index is 563. The van der Waals surface area contributed by atoms with Crippen LogP contribution in [0.3, 0.4) is 0 Å². The highest BCUT2D eigenvalue weighted by molar-refractivity contribution is 6.31.